The molecule has 9 heteroatoms. The highest BCUT2D eigenvalue weighted by Gasteiger charge is 2.47. The Labute approximate surface area is 147 Å². The summed E-state index contributed by atoms with van der Waals surface area (Å²) in [6.07, 6.45) is 0.975. The van der Waals surface area contributed by atoms with Gasteiger partial charge in [0, 0.05) is 11.1 Å². The molecule has 0 radical (unpaired) electrons. The Bertz CT molecular complexity index is 981. The molecule has 0 saturated heterocycles. The molecule has 2 atom stereocenters. The van der Waals surface area contributed by atoms with E-state index in [-0.39, 0.29) is 0 Å². The lowest BCUT2D eigenvalue weighted by atomic mass is 9.98. The van der Waals surface area contributed by atoms with Gasteiger partial charge in [-0.3, -0.25) is 5.32 Å². The summed E-state index contributed by atoms with van der Waals surface area (Å²) in [6.45, 7) is 0. The maximum absolute atomic E-state index is 12.5. The molecule has 4 rings (SSSR count). The van der Waals surface area contributed by atoms with E-state index in [0.717, 1.165) is 12.5 Å². The van der Waals surface area contributed by atoms with Gasteiger partial charge in [-0.2, -0.15) is 0 Å². The molecule has 0 amide bonds. The van der Waals surface area contributed by atoms with Gasteiger partial charge in [0.15, 0.2) is 0 Å². The third-order valence-electron chi connectivity index (χ3n) is 4.44. The number of fused-ring (bicyclic) bond motifs is 6. The van der Waals surface area contributed by atoms with E-state index < -0.39 is 32.4 Å². The zero-order chi connectivity index (χ0) is 18.0. The standard InChI is InChI=1S/C16H17N3O4S2/c1-24(20,21)18-13-9-5-3-7-11(13)16-17-15(18)12-8-4-6-10-14(12)19(16)25(2,22)23/h3-10,15-17H,1-2H3. The summed E-state index contributed by atoms with van der Waals surface area (Å²) in [6, 6.07) is 13.9. The van der Waals surface area contributed by atoms with E-state index in [4.69, 9.17) is 0 Å². The van der Waals surface area contributed by atoms with Crippen molar-refractivity contribution in [2.75, 3.05) is 21.1 Å². The number of hydrogen-bond donors (Lipinski definition) is 1. The molecule has 2 unspecified atom stereocenters. The van der Waals surface area contributed by atoms with Crippen molar-refractivity contribution in [3.8, 4) is 0 Å². The van der Waals surface area contributed by atoms with Crippen molar-refractivity contribution in [2.24, 2.45) is 0 Å². The van der Waals surface area contributed by atoms with Crippen molar-refractivity contribution in [1.82, 2.24) is 5.32 Å². The van der Waals surface area contributed by atoms with E-state index in [1.54, 1.807) is 48.5 Å². The number of anilines is 2. The van der Waals surface area contributed by atoms with Crippen molar-refractivity contribution in [1.29, 1.82) is 0 Å². The number of nitrogens with one attached hydrogen (secondary N) is 1. The first-order valence-electron chi connectivity index (χ1n) is 7.62. The van der Waals surface area contributed by atoms with Gasteiger partial charge in [0.2, 0.25) is 20.0 Å². The molecule has 0 fully saturated rings. The molecule has 1 N–H and O–H groups in total. The second-order valence-corrected chi connectivity index (χ2v) is 9.93. The Hall–Kier alpha value is -2.10. The molecular weight excluding hydrogens is 362 g/mol. The topological polar surface area (TPSA) is 86.8 Å². The monoisotopic (exact) mass is 379 g/mol. The third kappa shape index (κ3) is 2.42. The maximum atomic E-state index is 12.5. The fourth-order valence-corrected chi connectivity index (χ4v) is 5.74. The average molecular weight is 379 g/mol. The first kappa shape index (κ1) is 16.4. The number of nitrogens with zero attached hydrogens (tertiary/aromatic N) is 2. The summed E-state index contributed by atoms with van der Waals surface area (Å²) in [5.41, 5.74) is 2.18. The second kappa shape index (κ2) is 5.20. The van der Waals surface area contributed by atoms with E-state index in [9.17, 15) is 16.8 Å². The van der Waals surface area contributed by atoms with E-state index in [1.165, 1.54) is 8.61 Å². The molecule has 0 aromatic heterocycles. The molecule has 132 valence electrons. The summed E-state index contributed by atoms with van der Waals surface area (Å²) in [7, 11) is -7.17. The Morgan fingerprint density at radius 2 is 1.08 bits per heavy atom. The summed E-state index contributed by atoms with van der Waals surface area (Å²) < 4.78 is 52.6. The lowest BCUT2D eigenvalue weighted by molar-refractivity contribution is 0.416. The van der Waals surface area contributed by atoms with Crippen LogP contribution in [0, 0.1) is 0 Å². The number of para-hydroxylation sites is 2. The van der Waals surface area contributed by atoms with Crippen molar-refractivity contribution in [3.05, 3.63) is 59.7 Å². The summed E-state index contributed by atoms with van der Waals surface area (Å²) in [4.78, 5) is 0. The van der Waals surface area contributed by atoms with Gasteiger partial charge in [0.05, 0.1) is 23.9 Å². The van der Waals surface area contributed by atoms with Crippen LogP contribution in [0.1, 0.15) is 23.5 Å². The van der Waals surface area contributed by atoms with Crippen LogP contribution < -0.4 is 13.9 Å². The van der Waals surface area contributed by atoms with Gasteiger partial charge in [-0.1, -0.05) is 36.4 Å². The lowest BCUT2D eigenvalue weighted by Gasteiger charge is -2.49. The van der Waals surface area contributed by atoms with Crippen molar-refractivity contribution < 1.29 is 16.8 Å². The predicted molar refractivity (Wildman–Crippen MR) is 96.1 cm³/mol. The van der Waals surface area contributed by atoms with Crippen molar-refractivity contribution >= 4 is 31.4 Å². The largest absolute Gasteiger partial charge is 0.268 e. The number of sulfonamides is 2. The van der Waals surface area contributed by atoms with Crippen LogP contribution in [0.2, 0.25) is 0 Å². The van der Waals surface area contributed by atoms with E-state index in [1.807, 2.05) is 0 Å². The van der Waals surface area contributed by atoms with Crippen LogP contribution in [-0.4, -0.2) is 29.3 Å². The smallest absolute Gasteiger partial charge is 0.233 e. The van der Waals surface area contributed by atoms with Gasteiger partial charge in [0.1, 0.15) is 12.3 Å². The molecule has 2 heterocycles. The fraction of sp³-hybridized carbons (Fsp3) is 0.250. The zero-order valence-electron chi connectivity index (χ0n) is 13.6. The molecule has 2 aromatic carbocycles. The zero-order valence-corrected chi connectivity index (χ0v) is 15.3. The lowest BCUT2D eigenvalue weighted by Crippen LogP contribution is -2.56. The number of hydrogen-bond acceptors (Lipinski definition) is 5. The Kier molecular flexibility index (Phi) is 3.40. The molecule has 7 nitrogen and oxygen atoms in total. The van der Waals surface area contributed by atoms with Gasteiger partial charge in [0.25, 0.3) is 0 Å². The van der Waals surface area contributed by atoms with Gasteiger partial charge in [-0.15, -0.1) is 0 Å². The minimum absolute atomic E-state index is 0.488. The molecule has 0 saturated carbocycles. The van der Waals surface area contributed by atoms with Crippen LogP contribution in [0.3, 0.4) is 0 Å². The quantitative estimate of drug-likeness (QED) is 0.855. The molecule has 0 aliphatic carbocycles. The number of benzene rings is 2. The van der Waals surface area contributed by atoms with Crippen LogP contribution in [0.5, 0.6) is 0 Å². The summed E-state index contributed by atoms with van der Waals surface area (Å²) in [5, 5.41) is 3.17. The molecule has 2 bridgehead atoms. The Morgan fingerprint density at radius 3 is 1.44 bits per heavy atom. The van der Waals surface area contributed by atoms with Crippen LogP contribution >= 0.6 is 0 Å². The fourth-order valence-electron chi connectivity index (χ4n) is 3.57. The average Bonchev–Trinajstić information content (AvgIpc) is 2.52. The molecule has 2 aliphatic heterocycles. The first-order chi connectivity index (χ1) is 11.7. The predicted octanol–water partition coefficient (Wildman–Crippen LogP) is 1.53. The van der Waals surface area contributed by atoms with E-state index >= 15 is 0 Å². The minimum atomic E-state index is -3.58. The van der Waals surface area contributed by atoms with Crippen molar-refractivity contribution in [2.45, 2.75) is 12.3 Å². The first-order valence-corrected chi connectivity index (χ1v) is 11.3. The molecule has 2 aliphatic rings. The van der Waals surface area contributed by atoms with Crippen LogP contribution in [0.25, 0.3) is 0 Å². The highest BCUT2D eigenvalue weighted by Crippen LogP contribution is 2.49. The molecular formula is C16H17N3O4S2. The molecule has 0 spiro atoms. The van der Waals surface area contributed by atoms with Gasteiger partial charge in [-0.05, 0) is 12.1 Å². The van der Waals surface area contributed by atoms with Crippen LogP contribution in [-0.2, 0) is 20.0 Å². The number of rotatable bonds is 2. The van der Waals surface area contributed by atoms with E-state index in [0.29, 0.717) is 22.5 Å². The Morgan fingerprint density at radius 1 is 0.720 bits per heavy atom. The Balaban J connectivity index is 2.07. The maximum Gasteiger partial charge on any atom is 0.233 e. The van der Waals surface area contributed by atoms with Crippen LogP contribution in [0.4, 0.5) is 11.4 Å². The van der Waals surface area contributed by atoms with Gasteiger partial charge >= 0.3 is 0 Å². The van der Waals surface area contributed by atoms with Crippen molar-refractivity contribution in [3.63, 3.8) is 0 Å². The summed E-state index contributed by atoms with van der Waals surface area (Å²) >= 11 is 0. The highest BCUT2D eigenvalue weighted by atomic mass is 32.2. The van der Waals surface area contributed by atoms with Crippen LogP contribution in [0.15, 0.2) is 48.5 Å². The molecule has 25 heavy (non-hydrogen) atoms. The third-order valence-corrected chi connectivity index (χ3v) is 6.68. The summed E-state index contributed by atoms with van der Waals surface area (Å²) in [5.74, 6) is 0. The van der Waals surface area contributed by atoms with Gasteiger partial charge < -0.3 is 0 Å². The normalized spacial score (nSPS) is 22.3. The molecule has 2 aromatic rings. The van der Waals surface area contributed by atoms with E-state index in [2.05, 4.69) is 5.32 Å². The highest BCUT2D eigenvalue weighted by molar-refractivity contribution is 7.92. The van der Waals surface area contributed by atoms with Gasteiger partial charge in [-0.25, -0.2) is 25.4 Å². The SMILES string of the molecule is CS(=O)(=O)N1c2ccccc2C2NC1c1ccccc1N2S(C)(=O)=O. The minimum Gasteiger partial charge on any atom is -0.268 e. The second-order valence-electron chi connectivity index (χ2n) is 6.21.